The molecule has 4 fully saturated rings. The number of piperidine rings is 1. The number of benzene rings is 2. The number of nitriles is 1. The van der Waals surface area contributed by atoms with Gasteiger partial charge in [-0.05, 0) is 133 Å². The molecule has 2 aromatic rings. The minimum Gasteiger partial charge on any atom is -0.374 e. The van der Waals surface area contributed by atoms with E-state index in [1.54, 1.807) is 29.2 Å². The summed E-state index contributed by atoms with van der Waals surface area (Å²) in [5, 5.41) is 18.0. The highest BCUT2D eigenvalue weighted by atomic mass is 35.5. The fraction of sp³-hybridized carbons (Fsp3) is 0.550. The minimum atomic E-state index is -0.948. The van der Waals surface area contributed by atoms with Gasteiger partial charge in [-0.15, -0.1) is 0 Å². The number of hydrogen-bond acceptors (Lipinski definition) is 10. The van der Waals surface area contributed by atoms with Gasteiger partial charge < -0.3 is 20.4 Å². The van der Waals surface area contributed by atoms with Crippen molar-refractivity contribution in [2.75, 3.05) is 36.8 Å². The van der Waals surface area contributed by atoms with Gasteiger partial charge in [-0.25, -0.2) is 4.79 Å². The Kier molecular flexibility index (Phi) is 12.8. The molecule has 55 heavy (non-hydrogen) atoms. The number of hydrogen-bond donors (Lipinski definition) is 3. The molecule has 15 heteroatoms. The smallest absolute Gasteiger partial charge is 0.338 e. The summed E-state index contributed by atoms with van der Waals surface area (Å²) in [5.74, 6) is -0.360. The lowest BCUT2D eigenvalue weighted by Gasteiger charge is -2.44. The summed E-state index contributed by atoms with van der Waals surface area (Å²) in [6.07, 6.45) is 6.68. The molecule has 6 rings (SSSR count). The molecule has 294 valence electrons. The highest BCUT2D eigenvalue weighted by Crippen LogP contribution is 2.42. The summed E-state index contributed by atoms with van der Waals surface area (Å²) < 4.78 is 1.24. The van der Waals surface area contributed by atoms with E-state index in [1.807, 2.05) is 38.1 Å². The van der Waals surface area contributed by atoms with Crippen molar-refractivity contribution in [2.45, 2.75) is 114 Å². The predicted octanol–water partition coefficient (Wildman–Crippen LogP) is 5.85. The second-order valence-corrected chi connectivity index (χ2v) is 17.3. The van der Waals surface area contributed by atoms with Crippen LogP contribution in [-0.2, 0) is 19.2 Å². The Labute approximate surface area is 332 Å². The van der Waals surface area contributed by atoms with E-state index in [4.69, 9.17) is 11.6 Å². The Morgan fingerprint density at radius 1 is 1.00 bits per heavy atom. The number of carbonyl (C=O) groups is 5. The minimum absolute atomic E-state index is 0.00303. The summed E-state index contributed by atoms with van der Waals surface area (Å²) in [6, 6.07) is 13.9. The van der Waals surface area contributed by atoms with Crippen molar-refractivity contribution in [2.24, 2.45) is 5.92 Å². The second kappa shape index (κ2) is 17.3. The van der Waals surface area contributed by atoms with Crippen LogP contribution in [0.1, 0.15) is 84.6 Å². The van der Waals surface area contributed by atoms with Crippen molar-refractivity contribution in [3.8, 4) is 6.07 Å². The van der Waals surface area contributed by atoms with Crippen LogP contribution in [0.25, 0.3) is 0 Å². The molecule has 0 radical (unpaired) electrons. The van der Waals surface area contributed by atoms with Gasteiger partial charge in [0.05, 0.1) is 17.1 Å². The summed E-state index contributed by atoms with van der Waals surface area (Å²) >= 11 is 7.26. The molecule has 2 aromatic carbocycles. The number of piperazine rings is 1. The van der Waals surface area contributed by atoms with Crippen LogP contribution in [0.15, 0.2) is 47.4 Å². The van der Waals surface area contributed by atoms with Crippen molar-refractivity contribution in [1.82, 2.24) is 24.3 Å². The number of nitrogens with zero attached hydrogens (tertiary/aromatic N) is 5. The number of anilines is 2. The van der Waals surface area contributed by atoms with Crippen LogP contribution in [0.5, 0.6) is 0 Å². The molecule has 3 saturated heterocycles. The number of amides is 6. The first-order valence-electron chi connectivity index (χ1n) is 19.3. The zero-order valence-corrected chi connectivity index (χ0v) is 33.5. The number of rotatable bonds is 12. The lowest BCUT2D eigenvalue weighted by molar-refractivity contribution is -0.133. The van der Waals surface area contributed by atoms with Crippen molar-refractivity contribution in [3.05, 3.63) is 53.1 Å². The zero-order chi connectivity index (χ0) is 39.4. The molecule has 0 aromatic heterocycles. The first kappa shape index (κ1) is 40.5. The molecule has 1 unspecified atom stereocenters. The first-order valence-corrected chi connectivity index (χ1v) is 20.4. The summed E-state index contributed by atoms with van der Waals surface area (Å²) in [4.78, 5) is 71.0. The van der Waals surface area contributed by atoms with Gasteiger partial charge in [-0.2, -0.15) is 9.57 Å². The lowest BCUT2D eigenvalue weighted by Crippen LogP contribution is -2.58. The molecule has 1 saturated carbocycles. The van der Waals surface area contributed by atoms with Gasteiger partial charge in [0.2, 0.25) is 17.7 Å². The monoisotopic (exact) mass is 790 g/mol. The SMILES string of the molecule is C[C@@H]1CN(CCCC2CCC(N3C(=O)N(Sc4ccc(C#N)c(Cl)c4)C(=O)C3(C)C)CC2)C[C@H](C)N1CC(=O)Nc1cccc(NC2CCC(=O)NC2=O)c1. The highest BCUT2D eigenvalue weighted by Gasteiger charge is 2.54. The van der Waals surface area contributed by atoms with E-state index < -0.39 is 11.6 Å². The van der Waals surface area contributed by atoms with Crippen LogP contribution in [0.2, 0.25) is 5.02 Å². The second-order valence-electron chi connectivity index (χ2n) is 15.9. The third-order valence-corrected chi connectivity index (χ3v) is 12.7. The van der Waals surface area contributed by atoms with E-state index in [-0.39, 0.29) is 65.8 Å². The Balaban J connectivity index is 0.917. The maximum Gasteiger partial charge on any atom is 0.338 e. The van der Waals surface area contributed by atoms with Gasteiger partial charge in [0.25, 0.3) is 5.91 Å². The molecular weight excluding hydrogens is 740 g/mol. The Hall–Kier alpha value is -4.16. The van der Waals surface area contributed by atoms with E-state index >= 15 is 0 Å². The van der Waals surface area contributed by atoms with Gasteiger partial charge in [0.15, 0.2) is 0 Å². The van der Waals surface area contributed by atoms with E-state index in [0.29, 0.717) is 34.2 Å². The van der Waals surface area contributed by atoms with E-state index in [0.717, 1.165) is 70.1 Å². The maximum atomic E-state index is 13.7. The molecule has 6 amide bonds. The molecule has 4 aliphatic rings. The topological polar surface area (TPSA) is 158 Å². The van der Waals surface area contributed by atoms with Crippen LogP contribution in [0.4, 0.5) is 16.2 Å². The summed E-state index contributed by atoms with van der Waals surface area (Å²) in [7, 11) is 0. The molecule has 13 nitrogen and oxygen atoms in total. The molecule has 0 spiro atoms. The van der Waals surface area contributed by atoms with Crippen LogP contribution in [0.3, 0.4) is 0 Å². The molecule has 1 aliphatic carbocycles. The maximum absolute atomic E-state index is 13.7. The van der Waals surface area contributed by atoms with Crippen LogP contribution in [0, 0.1) is 17.2 Å². The van der Waals surface area contributed by atoms with Crippen LogP contribution >= 0.6 is 23.5 Å². The van der Waals surface area contributed by atoms with Crippen LogP contribution in [-0.4, -0.2) is 105 Å². The van der Waals surface area contributed by atoms with Gasteiger partial charge >= 0.3 is 6.03 Å². The van der Waals surface area contributed by atoms with E-state index in [9.17, 15) is 29.2 Å². The third kappa shape index (κ3) is 9.45. The number of imide groups is 2. The van der Waals surface area contributed by atoms with Gasteiger partial charge in [0, 0.05) is 53.9 Å². The Bertz CT molecular complexity index is 1830. The Morgan fingerprint density at radius 3 is 2.38 bits per heavy atom. The average Bonchev–Trinajstić information content (AvgIpc) is 3.30. The molecule has 3 atom stereocenters. The predicted molar refractivity (Wildman–Crippen MR) is 212 cm³/mol. The molecule has 3 aliphatic heterocycles. The summed E-state index contributed by atoms with van der Waals surface area (Å²) in [5.41, 5.74) is 0.742. The number of halogens is 1. The molecular formula is C40H51ClN8O5S. The summed E-state index contributed by atoms with van der Waals surface area (Å²) in [6.45, 7) is 11.1. The van der Waals surface area contributed by atoms with Gasteiger partial charge in [-0.1, -0.05) is 17.7 Å². The van der Waals surface area contributed by atoms with Crippen molar-refractivity contribution < 1.29 is 24.0 Å². The fourth-order valence-corrected chi connectivity index (χ4v) is 9.83. The van der Waals surface area contributed by atoms with Crippen molar-refractivity contribution >= 4 is 64.6 Å². The molecule has 3 heterocycles. The zero-order valence-electron chi connectivity index (χ0n) is 32.0. The lowest BCUT2D eigenvalue weighted by atomic mass is 9.81. The normalized spacial score (nSPS) is 26.1. The van der Waals surface area contributed by atoms with Crippen LogP contribution < -0.4 is 16.0 Å². The number of carbonyl (C=O) groups excluding carboxylic acids is 5. The quantitative estimate of drug-likeness (QED) is 0.135. The van der Waals surface area contributed by atoms with Crippen molar-refractivity contribution in [3.63, 3.8) is 0 Å². The highest BCUT2D eigenvalue weighted by molar-refractivity contribution is 7.98. The van der Waals surface area contributed by atoms with E-state index in [1.165, 1.54) is 4.31 Å². The largest absolute Gasteiger partial charge is 0.374 e. The number of urea groups is 1. The molecule has 3 N–H and O–H groups in total. The standard InChI is InChI=1S/C40H51ClN8O5S/c1-25-22-46(23-26(2)47(25)24-36(51)44-30-9-5-8-29(19-30)43-34-16-17-35(50)45-37(34)52)18-6-7-27-10-13-31(14-11-27)48-39(54)49(38(53)40(48,3)4)55-32-15-12-28(21-42)33(41)20-32/h5,8-9,12,15,19-20,25-27,31,34,43H,6-7,10-11,13-14,16-18,22-24H2,1-4H3,(H,44,51)(H,45,50,52)/t25-,26+,27?,31?,34?. The van der Waals surface area contributed by atoms with E-state index in [2.05, 4.69) is 39.6 Å². The molecule has 0 bridgehead atoms. The average molecular weight is 791 g/mol. The van der Waals surface area contributed by atoms with Gasteiger partial charge in [0.1, 0.15) is 17.6 Å². The third-order valence-electron chi connectivity index (χ3n) is 11.4. The first-order chi connectivity index (χ1) is 26.2. The van der Waals surface area contributed by atoms with Gasteiger partial charge in [-0.3, -0.25) is 29.4 Å². The number of nitrogens with one attached hydrogen (secondary N) is 3. The Morgan fingerprint density at radius 2 is 1.71 bits per heavy atom. The van der Waals surface area contributed by atoms with Crippen molar-refractivity contribution in [1.29, 1.82) is 5.26 Å². The fourth-order valence-electron chi connectivity index (χ4n) is 8.56.